The summed E-state index contributed by atoms with van der Waals surface area (Å²) in [7, 11) is 0. The second kappa shape index (κ2) is 14.9. The standard InChI is InChI=1S/C31H44ClN3O5/c1-8-9-10-17-35(29(38)25(18-20(2)3)33-30(39)40-31(5,6)7)27(22-14-12-15-23(36)19-22)28(37)34-26-21(4)13-11-16-24(26)32/h11-16,19-20,25,27,36H,8-10,17-18H2,1-7H3,(H,33,39)(H,34,37). The Morgan fingerprint density at radius 1 is 1.07 bits per heavy atom. The third kappa shape index (κ3) is 10.0. The van der Waals surface area contributed by atoms with Crippen molar-refractivity contribution < 1.29 is 24.2 Å². The van der Waals surface area contributed by atoms with Gasteiger partial charge in [0.2, 0.25) is 5.91 Å². The molecule has 3 amide bonds. The van der Waals surface area contributed by atoms with Gasteiger partial charge in [0.05, 0.1) is 10.7 Å². The van der Waals surface area contributed by atoms with Crippen LogP contribution in [0.3, 0.4) is 0 Å². The minimum atomic E-state index is -1.10. The Hall–Kier alpha value is -3.26. The van der Waals surface area contributed by atoms with Crippen molar-refractivity contribution in [3.8, 4) is 5.75 Å². The van der Waals surface area contributed by atoms with E-state index in [2.05, 4.69) is 17.6 Å². The highest BCUT2D eigenvalue weighted by molar-refractivity contribution is 6.34. The SMILES string of the molecule is CCCCCN(C(=O)C(CC(C)C)NC(=O)OC(C)(C)C)C(C(=O)Nc1c(C)cccc1Cl)c1cccc(O)c1. The van der Waals surface area contributed by atoms with E-state index in [4.69, 9.17) is 16.3 Å². The van der Waals surface area contributed by atoms with Gasteiger partial charge in [0.1, 0.15) is 23.4 Å². The van der Waals surface area contributed by atoms with Crippen LogP contribution >= 0.6 is 11.6 Å². The molecule has 2 atom stereocenters. The number of amides is 3. The number of alkyl carbamates (subject to hydrolysis) is 1. The maximum Gasteiger partial charge on any atom is 0.408 e. The number of halogens is 1. The number of unbranched alkanes of at least 4 members (excludes halogenated alkanes) is 2. The first kappa shape index (κ1) is 32.9. The van der Waals surface area contributed by atoms with Crippen LogP contribution in [0.1, 0.15) is 84.4 Å². The molecule has 2 aromatic rings. The van der Waals surface area contributed by atoms with Gasteiger partial charge in [0, 0.05) is 6.54 Å². The smallest absolute Gasteiger partial charge is 0.408 e. The maximum absolute atomic E-state index is 14.3. The minimum absolute atomic E-state index is 0.0317. The first-order valence-electron chi connectivity index (χ1n) is 13.9. The lowest BCUT2D eigenvalue weighted by molar-refractivity contribution is -0.141. The van der Waals surface area contributed by atoms with Gasteiger partial charge in [0.25, 0.3) is 5.91 Å². The number of carbonyl (C=O) groups excluding carboxylic acids is 3. The van der Waals surface area contributed by atoms with Crippen LogP contribution in [0, 0.1) is 12.8 Å². The van der Waals surface area contributed by atoms with Crippen LogP contribution in [0.4, 0.5) is 10.5 Å². The van der Waals surface area contributed by atoms with Gasteiger partial charge in [-0.3, -0.25) is 9.59 Å². The topological polar surface area (TPSA) is 108 Å². The number of carbonyl (C=O) groups is 3. The number of ether oxygens (including phenoxy) is 1. The molecule has 0 saturated heterocycles. The molecule has 0 saturated carbocycles. The molecule has 0 spiro atoms. The summed E-state index contributed by atoms with van der Waals surface area (Å²) in [5.74, 6) is -0.849. The van der Waals surface area contributed by atoms with Crippen molar-refractivity contribution in [1.82, 2.24) is 10.2 Å². The Morgan fingerprint density at radius 3 is 2.33 bits per heavy atom. The monoisotopic (exact) mass is 573 g/mol. The second-order valence-corrected chi connectivity index (χ2v) is 11.9. The third-order valence-electron chi connectivity index (χ3n) is 6.20. The summed E-state index contributed by atoms with van der Waals surface area (Å²) in [5, 5.41) is 16.3. The van der Waals surface area contributed by atoms with Crippen LogP contribution in [-0.2, 0) is 14.3 Å². The molecule has 0 aromatic heterocycles. The molecule has 0 aliphatic carbocycles. The van der Waals surface area contributed by atoms with Crippen molar-refractivity contribution in [1.29, 1.82) is 0 Å². The molecule has 8 nitrogen and oxygen atoms in total. The number of benzene rings is 2. The van der Waals surface area contributed by atoms with Crippen LogP contribution in [0.5, 0.6) is 5.75 Å². The number of nitrogens with zero attached hydrogens (tertiary/aromatic N) is 1. The maximum atomic E-state index is 14.3. The number of aromatic hydroxyl groups is 1. The Labute approximate surface area is 243 Å². The number of aryl methyl sites for hydroxylation is 1. The number of rotatable bonds is 12. The molecule has 9 heteroatoms. The summed E-state index contributed by atoms with van der Waals surface area (Å²) >= 11 is 6.42. The highest BCUT2D eigenvalue weighted by Crippen LogP contribution is 2.31. The van der Waals surface area contributed by atoms with Crippen LogP contribution in [-0.4, -0.2) is 46.1 Å². The molecule has 2 aromatic carbocycles. The fourth-order valence-electron chi connectivity index (χ4n) is 4.39. The lowest BCUT2D eigenvalue weighted by Gasteiger charge is -2.35. The Morgan fingerprint density at radius 2 is 1.75 bits per heavy atom. The van der Waals surface area contributed by atoms with Gasteiger partial charge in [0.15, 0.2) is 0 Å². The van der Waals surface area contributed by atoms with E-state index in [1.807, 2.05) is 26.8 Å². The zero-order valence-electron chi connectivity index (χ0n) is 24.7. The van der Waals surface area contributed by atoms with Crippen molar-refractivity contribution in [2.45, 2.75) is 91.8 Å². The van der Waals surface area contributed by atoms with E-state index < -0.39 is 35.6 Å². The first-order valence-corrected chi connectivity index (χ1v) is 14.3. The number of phenols is 1. The Kier molecular flexibility index (Phi) is 12.3. The van der Waals surface area contributed by atoms with E-state index >= 15 is 0 Å². The molecule has 2 unspecified atom stereocenters. The third-order valence-corrected chi connectivity index (χ3v) is 6.51. The molecule has 40 heavy (non-hydrogen) atoms. The predicted octanol–water partition coefficient (Wildman–Crippen LogP) is 6.99. The number of nitrogens with one attached hydrogen (secondary N) is 2. The lowest BCUT2D eigenvalue weighted by Crippen LogP contribution is -2.53. The van der Waals surface area contributed by atoms with Crippen LogP contribution < -0.4 is 10.6 Å². The summed E-state index contributed by atoms with van der Waals surface area (Å²) in [4.78, 5) is 42.5. The molecule has 0 bridgehead atoms. The quantitative estimate of drug-likeness (QED) is 0.237. The van der Waals surface area contributed by atoms with Crippen molar-refractivity contribution in [2.24, 2.45) is 5.92 Å². The molecule has 0 heterocycles. The number of hydrogen-bond acceptors (Lipinski definition) is 5. The number of anilines is 1. The second-order valence-electron chi connectivity index (χ2n) is 11.5. The first-order chi connectivity index (χ1) is 18.7. The predicted molar refractivity (Wildman–Crippen MR) is 160 cm³/mol. The average molecular weight is 574 g/mol. The van der Waals surface area contributed by atoms with Crippen LogP contribution in [0.15, 0.2) is 42.5 Å². The summed E-state index contributed by atoms with van der Waals surface area (Å²) in [6.45, 7) is 13.3. The van der Waals surface area contributed by atoms with Gasteiger partial charge in [-0.05, 0) is 75.8 Å². The van der Waals surface area contributed by atoms with E-state index in [1.54, 1.807) is 45.0 Å². The van der Waals surface area contributed by atoms with Crippen LogP contribution in [0.2, 0.25) is 5.02 Å². The Bertz CT molecular complexity index is 1140. The normalized spacial score (nSPS) is 12.9. The summed E-state index contributed by atoms with van der Waals surface area (Å²) in [6, 6.07) is 9.59. The summed E-state index contributed by atoms with van der Waals surface area (Å²) in [6.07, 6.45) is 2.05. The minimum Gasteiger partial charge on any atom is -0.508 e. The molecule has 220 valence electrons. The summed E-state index contributed by atoms with van der Waals surface area (Å²) in [5.41, 5.74) is 0.912. The van der Waals surface area contributed by atoms with Gasteiger partial charge >= 0.3 is 6.09 Å². The number of phenolic OH excluding ortho intramolecular Hbond substituents is 1. The largest absolute Gasteiger partial charge is 0.508 e. The van der Waals surface area contributed by atoms with Crippen molar-refractivity contribution in [3.63, 3.8) is 0 Å². The van der Waals surface area contributed by atoms with Crippen molar-refractivity contribution in [3.05, 3.63) is 58.6 Å². The molecular formula is C31H44ClN3O5. The van der Waals surface area contributed by atoms with Crippen molar-refractivity contribution >= 4 is 35.2 Å². The number of para-hydroxylation sites is 1. The molecule has 0 aliphatic rings. The molecular weight excluding hydrogens is 530 g/mol. The lowest BCUT2D eigenvalue weighted by atomic mass is 9.98. The molecule has 3 N–H and O–H groups in total. The van der Waals surface area contributed by atoms with E-state index in [-0.39, 0.29) is 18.2 Å². The van der Waals surface area contributed by atoms with E-state index in [0.29, 0.717) is 29.1 Å². The van der Waals surface area contributed by atoms with Gasteiger partial charge in [-0.1, -0.05) is 69.5 Å². The van der Waals surface area contributed by atoms with E-state index in [0.717, 1.165) is 18.4 Å². The number of hydrogen-bond donors (Lipinski definition) is 3. The zero-order chi connectivity index (χ0) is 30.0. The van der Waals surface area contributed by atoms with E-state index in [1.165, 1.54) is 17.0 Å². The average Bonchev–Trinajstić information content (AvgIpc) is 2.83. The summed E-state index contributed by atoms with van der Waals surface area (Å²) < 4.78 is 5.44. The van der Waals surface area contributed by atoms with Gasteiger partial charge in [-0.25, -0.2) is 4.79 Å². The fraction of sp³-hybridized carbons (Fsp3) is 0.516. The molecule has 0 fully saturated rings. The van der Waals surface area contributed by atoms with Crippen LogP contribution in [0.25, 0.3) is 0 Å². The highest BCUT2D eigenvalue weighted by atomic mass is 35.5. The van der Waals surface area contributed by atoms with E-state index in [9.17, 15) is 19.5 Å². The zero-order valence-corrected chi connectivity index (χ0v) is 25.5. The van der Waals surface area contributed by atoms with Gasteiger partial charge < -0.3 is 25.4 Å². The molecule has 0 radical (unpaired) electrons. The van der Waals surface area contributed by atoms with Crippen molar-refractivity contribution in [2.75, 3.05) is 11.9 Å². The fourth-order valence-corrected chi connectivity index (χ4v) is 4.66. The molecule has 2 rings (SSSR count). The van der Waals surface area contributed by atoms with Gasteiger partial charge in [-0.15, -0.1) is 0 Å². The highest BCUT2D eigenvalue weighted by Gasteiger charge is 2.37. The Balaban J connectivity index is 2.58. The van der Waals surface area contributed by atoms with Gasteiger partial charge in [-0.2, -0.15) is 0 Å². The molecule has 0 aliphatic heterocycles.